The van der Waals surface area contributed by atoms with Crippen LogP contribution in [0.2, 0.25) is 0 Å². The number of benzene rings is 3. The molecule has 4 rings (SSSR count). The summed E-state index contributed by atoms with van der Waals surface area (Å²) in [4.78, 5) is 44.9. The zero-order valence-corrected chi connectivity index (χ0v) is 24.3. The number of carbonyl (C=O) groups excluding carboxylic acids is 2. The molecule has 0 unspecified atom stereocenters. The van der Waals surface area contributed by atoms with E-state index in [0.29, 0.717) is 34.7 Å². The molecule has 0 saturated carbocycles. The van der Waals surface area contributed by atoms with Crippen molar-refractivity contribution in [1.82, 2.24) is 14.5 Å². The summed E-state index contributed by atoms with van der Waals surface area (Å²) in [6.45, 7) is 6.59. The molecule has 4 aromatic rings. The highest BCUT2D eigenvalue weighted by molar-refractivity contribution is 6.06. The summed E-state index contributed by atoms with van der Waals surface area (Å²) in [6, 6.07) is 20.3. The Labute approximate surface area is 241 Å². The second-order valence-corrected chi connectivity index (χ2v) is 10.1. The number of nitrogens with one attached hydrogen (secondary N) is 2. The van der Waals surface area contributed by atoms with E-state index >= 15 is 0 Å². The minimum atomic E-state index is -0.287. The molecule has 0 aliphatic carbocycles. The number of hydrogen-bond acceptors (Lipinski definition) is 5. The highest BCUT2D eigenvalue weighted by atomic mass is 16.2. The molecular formula is C33H37N5O3. The average molecular weight is 552 g/mol. The lowest BCUT2D eigenvalue weighted by molar-refractivity contribution is 0.0802. The highest BCUT2D eigenvalue weighted by Crippen LogP contribution is 2.28. The third-order valence-electron chi connectivity index (χ3n) is 7.21. The van der Waals surface area contributed by atoms with Crippen LogP contribution in [0.15, 0.2) is 77.7 Å². The Kier molecular flexibility index (Phi) is 9.34. The van der Waals surface area contributed by atoms with Crippen LogP contribution in [0.5, 0.6) is 0 Å². The van der Waals surface area contributed by atoms with Crippen LogP contribution in [0.4, 0.5) is 17.2 Å². The summed E-state index contributed by atoms with van der Waals surface area (Å²) in [7, 11) is 3.43. The van der Waals surface area contributed by atoms with Gasteiger partial charge in [-0.1, -0.05) is 43.7 Å². The maximum absolute atomic E-state index is 13.3. The molecule has 8 heteroatoms. The van der Waals surface area contributed by atoms with Crippen LogP contribution >= 0.6 is 0 Å². The summed E-state index contributed by atoms with van der Waals surface area (Å²) in [5.41, 5.74) is 5.53. The summed E-state index contributed by atoms with van der Waals surface area (Å²) in [5.74, 6) is -0.0600. The van der Waals surface area contributed by atoms with Crippen LogP contribution in [-0.4, -0.2) is 39.9 Å². The number of amides is 2. The number of unbranched alkanes of at least 4 members (excludes halogenated alkanes) is 1. The van der Waals surface area contributed by atoms with Crippen LogP contribution in [0, 0.1) is 6.92 Å². The van der Waals surface area contributed by atoms with Crippen molar-refractivity contribution < 1.29 is 9.59 Å². The largest absolute Gasteiger partial charge is 0.342 e. The molecule has 8 nitrogen and oxygen atoms in total. The fourth-order valence-electron chi connectivity index (χ4n) is 4.58. The van der Waals surface area contributed by atoms with E-state index in [1.807, 2.05) is 56.3 Å². The first-order valence-electron chi connectivity index (χ1n) is 13.9. The Morgan fingerprint density at radius 1 is 0.976 bits per heavy atom. The summed E-state index contributed by atoms with van der Waals surface area (Å²) in [5, 5.41) is 6.18. The van der Waals surface area contributed by atoms with Crippen molar-refractivity contribution in [2.75, 3.05) is 24.2 Å². The molecule has 2 N–H and O–H groups in total. The van der Waals surface area contributed by atoms with E-state index < -0.39 is 0 Å². The van der Waals surface area contributed by atoms with Gasteiger partial charge in [-0.15, -0.1) is 0 Å². The molecule has 1 heterocycles. The third-order valence-corrected chi connectivity index (χ3v) is 7.21. The fourth-order valence-corrected chi connectivity index (χ4v) is 4.58. The maximum Gasteiger partial charge on any atom is 0.293 e. The van der Waals surface area contributed by atoms with Gasteiger partial charge in [0.1, 0.15) is 0 Å². The summed E-state index contributed by atoms with van der Waals surface area (Å²) < 4.78 is 1.48. The summed E-state index contributed by atoms with van der Waals surface area (Å²) >= 11 is 0. The van der Waals surface area contributed by atoms with Gasteiger partial charge in [-0.05, 0) is 74.2 Å². The van der Waals surface area contributed by atoms with Gasteiger partial charge in [-0.25, -0.2) is 4.98 Å². The monoisotopic (exact) mass is 551 g/mol. The molecule has 0 spiro atoms. The first kappa shape index (κ1) is 29.3. The number of carbonyl (C=O) groups is 2. The molecular weight excluding hydrogens is 514 g/mol. The van der Waals surface area contributed by atoms with Gasteiger partial charge < -0.3 is 20.1 Å². The topological polar surface area (TPSA) is 96.3 Å². The lowest BCUT2D eigenvalue weighted by Gasteiger charge is -2.16. The first-order valence-corrected chi connectivity index (χ1v) is 13.9. The van der Waals surface area contributed by atoms with E-state index in [2.05, 4.69) is 22.5 Å². The Morgan fingerprint density at radius 2 is 1.71 bits per heavy atom. The van der Waals surface area contributed by atoms with Gasteiger partial charge in [0.25, 0.3) is 17.4 Å². The Bertz CT molecular complexity index is 1610. The third kappa shape index (κ3) is 6.72. The second kappa shape index (κ2) is 13.1. The number of nitrogens with zero attached hydrogens (tertiary/aromatic N) is 3. The van der Waals surface area contributed by atoms with Crippen LogP contribution in [0.25, 0.3) is 11.3 Å². The van der Waals surface area contributed by atoms with E-state index in [9.17, 15) is 14.4 Å². The first-order chi connectivity index (χ1) is 19.7. The molecule has 0 bridgehead atoms. The zero-order valence-electron chi connectivity index (χ0n) is 24.3. The van der Waals surface area contributed by atoms with Gasteiger partial charge >= 0.3 is 0 Å². The van der Waals surface area contributed by atoms with E-state index in [0.717, 1.165) is 36.0 Å². The van der Waals surface area contributed by atoms with Gasteiger partial charge in [0.15, 0.2) is 5.82 Å². The van der Waals surface area contributed by atoms with E-state index in [4.69, 9.17) is 0 Å². The van der Waals surface area contributed by atoms with Crippen molar-refractivity contribution >= 4 is 29.0 Å². The van der Waals surface area contributed by atoms with Gasteiger partial charge in [0.2, 0.25) is 0 Å². The number of aryl methyl sites for hydroxylation is 2. The van der Waals surface area contributed by atoms with Gasteiger partial charge in [0, 0.05) is 54.9 Å². The average Bonchev–Trinajstić information content (AvgIpc) is 2.99. The predicted molar refractivity (Wildman–Crippen MR) is 165 cm³/mol. The Hall–Kier alpha value is -4.72. The van der Waals surface area contributed by atoms with Crippen molar-refractivity contribution in [3.8, 4) is 11.3 Å². The van der Waals surface area contributed by atoms with Crippen LogP contribution in [-0.2, 0) is 13.5 Å². The Morgan fingerprint density at radius 3 is 2.41 bits per heavy atom. The maximum atomic E-state index is 13.3. The van der Waals surface area contributed by atoms with Crippen molar-refractivity contribution in [1.29, 1.82) is 0 Å². The number of hydrogen-bond donors (Lipinski definition) is 2. The molecule has 0 atom stereocenters. The molecule has 0 radical (unpaired) electrons. The molecule has 3 aromatic carbocycles. The van der Waals surface area contributed by atoms with Crippen molar-refractivity contribution in [2.45, 2.75) is 40.0 Å². The van der Waals surface area contributed by atoms with E-state index in [1.54, 1.807) is 49.5 Å². The Balaban J connectivity index is 1.60. The van der Waals surface area contributed by atoms with Crippen LogP contribution < -0.4 is 16.2 Å². The van der Waals surface area contributed by atoms with E-state index in [-0.39, 0.29) is 23.2 Å². The molecule has 0 fully saturated rings. The smallest absolute Gasteiger partial charge is 0.293 e. The molecule has 41 heavy (non-hydrogen) atoms. The number of aromatic nitrogens is 2. The highest BCUT2D eigenvalue weighted by Gasteiger charge is 2.16. The van der Waals surface area contributed by atoms with Crippen molar-refractivity contribution in [3.63, 3.8) is 0 Å². The van der Waals surface area contributed by atoms with Crippen LogP contribution in [0.1, 0.15) is 58.5 Å². The van der Waals surface area contributed by atoms with Crippen LogP contribution in [0.3, 0.4) is 0 Å². The minimum Gasteiger partial charge on any atom is -0.342 e. The SMILES string of the molecule is CCCCc1ccccc1C(=O)Nc1cccc(-c2cn(C)c(=O)c(Nc3ccc(C(=O)N(C)CC)cc3)n2)c1C. The standard InChI is InChI=1S/C33H37N5O3/c1-6-8-12-23-13-9-10-14-27(23)31(39)36-28-16-11-15-26(22(28)3)29-21-38(5)33(41)30(35-29)34-25-19-17-24(18-20-25)32(40)37(4)7-2/h9-11,13-21H,6-8,12H2,1-5H3,(H,34,35)(H,36,39). The quantitative estimate of drug-likeness (QED) is 0.245. The lowest BCUT2D eigenvalue weighted by atomic mass is 10.0. The fraction of sp³-hybridized carbons (Fsp3) is 0.273. The predicted octanol–water partition coefficient (Wildman–Crippen LogP) is 6.19. The minimum absolute atomic E-state index is 0.0676. The molecule has 0 aliphatic heterocycles. The van der Waals surface area contributed by atoms with Crippen molar-refractivity contribution in [2.24, 2.45) is 7.05 Å². The van der Waals surface area contributed by atoms with Gasteiger partial charge in [-0.2, -0.15) is 0 Å². The number of anilines is 3. The van der Waals surface area contributed by atoms with E-state index in [1.165, 1.54) is 4.57 Å². The van der Waals surface area contributed by atoms with Gasteiger partial charge in [-0.3, -0.25) is 14.4 Å². The second-order valence-electron chi connectivity index (χ2n) is 10.1. The molecule has 212 valence electrons. The van der Waals surface area contributed by atoms with Gasteiger partial charge in [0.05, 0.1) is 5.69 Å². The number of rotatable bonds is 10. The zero-order chi connectivity index (χ0) is 29.5. The molecule has 2 amide bonds. The lowest BCUT2D eigenvalue weighted by Crippen LogP contribution is -2.26. The summed E-state index contributed by atoms with van der Waals surface area (Å²) in [6.07, 6.45) is 4.61. The normalized spacial score (nSPS) is 10.8. The molecule has 1 aromatic heterocycles. The molecule has 0 saturated heterocycles. The molecule has 0 aliphatic rings. The van der Waals surface area contributed by atoms with Crippen molar-refractivity contribution in [3.05, 3.63) is 106 Å².